The van der Waals surface area contributed by atoms with Crippen LogP contribution < -0.4 is 5.32 Å². The fraction of sp³-hybridized carbons (Fsp3) is 1.00. The molecule has 0 amide bonds. The maximum atomic E-state index is 3.26. The molecule has 0 radical (unpaired) electrons. The minimum absolute atomic E-state index is 0.556. The van der Waals surface area contributed by atoms with E-state index >= 15 is 0 Å². The van der Waals surface area contributed by atoms with Gasteiger partial charge in [-0.1, -0.05) is 13.8 Å². The van der Waals surface area contributed by atoms with Crippen LogP contribution in [-0.2, 0) is 0 Å². The number of hydrogen-bond donors (Lipinski definition) is 1. The van der Waals surface area contributed by atoms with E-state index < -0.39 is 0 Å². The van der Waals surface area contributed by atoms with E-state index in [1.165, 1.54) is 19.4 Å². The van der Waals surface area contributed by atoms with E-state index in [4.69, 9.17) is 0 Å². The van der Waals surface area contributed by atoms with Gasteiger partial charge >= 0.3 is 0 Å². The zero-order valence-corrected chi connectivity index (χ0v) is 7.65. The van der Waals surface area contributed by atoms with Gasteiger partial charge in [-0.15, -0.1) is 0 Å². The standard InChI is InChI=1S/C8H20N2/c1-5-7-10(4)8(6-2)9-3/h8-9H,5-7H2,1-4H3. The molecular weight excluding hydrogens is 124 g/mol. The lowest BCUT2D eigenvalue weighted by Crippen LogP contribution is -2.41. The Hall–Kier alpha value is -0.0800. The zero-order chi connectivity index (χ0) is 7.98. The Labute approximate surface area is 64.6 Å². The van der Waals surface area contributed by atoms with Crippen LogP contribution in [-0.4, -0.2) is 31.7 Å². The van der Waals surface area contributed by atoms with E-state index in [-0.39, 0.29) is 0 Å². The Morgan fingerprint density at radius 2 is 2.00 bits per heavy atom. The van der Waals surface area contributed by atoms with Gasteiger partial charge in [0.25, 0.3) is 0 Å². The van der Waals surface area contributed by atoms with Crippen LogP contribution in [0.5, 0.6) is 0 Å². The minimum Gasteiger partial charge on any atom is -0.305 e. The Balaban J connectivity index is 3.53. The maximum absolute atomic E-state index is 3.26. The van der Waals surface area contributed by atoms with Gasteiger partial charge in [0.05, 0.1) is 6.17 Å². The largest absolute Gasteiger partial charge is 0.305 e. The Morgan fingerprint density at radius 1 is 1.40 bits per heavy atom. The first kappa shape index (κ1) is 9.92. The third-order valence-electron chi connectivity index (χ3n) is 1.83. The lowest BCUT2D eigenvalue weighted by Gasteiger charge is -2.25. The molecule has 62 valence electrons. The van der Waals surface area contributed by atoms with E-state index in [0.29, 0.717) is 6.17 Å². The molecule has 2 nitrogen and oxygen atoms in total. The lowest BCUT2D eigenvalue weighted by atomic mass is 10.3. The van der Waals surface area contributed by atoms with E-state index in [1.54, 1.807) is 0 Å². The van der Waals surface area contributed by atoms with E-state index in [2.05, 4.69) is 31.1 Å². The molecule has 0 aliphatic rings. The van der Waals surface area contributed by atoms with Gasteiger partial charge in [0, 0.05) is 0 Å². The summed E-state index contributed by atoms with van der Waals surface area (Å²) in [6.07, 6.45) is 2.96. The smallest absolute Gasteiger partial charge is 0.0589 e. The maximum Gasteiger partial charge on any atom is 0.0589 e. The van der Waals surface area contributed by atoms with Gasteiger partial charge in [0.2, 0.25) is 0 Å². The number of hydrogen-bond acceptors (Lipinski definition) is 2. The summed E-state index contributed by atoms with van der Waals surface area (Å²) in [4.78, 5) is 2.35. The lowest BCUT2D eigenvalue weighted by molar-refractivity contribution is 0.209. The minimum atomic E-state index is 0.556. The molecule has 0 aromatic carbocycles. The predicted octanol–water partition coefficient (Wildman–Crippen LogP) is 1.28. The van der Waals surface area contributed by atoms with Crippen LogP contribution >= 0.6 is 0 Å². The molecule has 0 heterocycles. The molecule has 0 saturated heterocycles. The average molecular weight is 144 g/mol. The first-order valence-electron chi connectivity index (χ1n) is 4.13. The topological polar surface area (TPSA) is 15.3 Å². The second-order valence-electron chi connectivity index (χ2n) is 2.69. The van der Waals surface area contributed by atoms with Crippen molar-refractivity contribution in [3.63, 3.8) is 0 Å². The van der Waals surface area contributed by atoms with Crippen LogP contribution in [0.3, 0.4) is 0 Å². The normalized spacial score (nSPS) is 14.1. The second kappa shape index (κ2) is 5.69. The average Bonchev–Trinajstić information content (AvgIpc) is 1.91. The summed E-state index contributed by atoms with van der Waals surface area (Å²) in [5, 5.41) is 3.26. The monoisotopic (exact) mass is 144 g/mol. The molecule has 0 aliphatic heterocycles. The molecule has 0 aromatic heterocycles. The predicted molar refractivity (Wildman–Crippen MR) is 46.1 cm³/mol. The van der Waals surface area contributed by atoms with E-state index in [9.17, 15) is 0 Å². The highest BCUT2D eigenvalue weighted by Crippen LogP contribution is 1.96. The van der Waals surface area contributed by atoms with Crippen molar-refractivity contribution < 1.29 is 0 Å². The van der Waals surface area contributed by atoms with Gasteiger partial charge in [-0.25, -0.2) is 0 Å². The van der Waals surface area contributed by atoms with Crippen molar-refractivity contribution in [2.45, 2.75) is 32.9 Å². The molecule has 0 aliphatic carbocycles. The highest BCUT2D eigenvalue weighted by Gasteiger charge is 2.06. The van der Waals surface area contributed by atoms with E-state index in [0.717, 1.165) is 0 Å². The summed E-state index contributed by atoms with van der Waals surface area (Å²) in [6, 6.07) is 0. The highest BCUT2D eigenvalue weighted by molar-refractivity contribution is 4.60. The van der Waals surface area contributed by atoms with Crippen molar-refractivity contribution in [2.24, 2.45) is 0 Å². The SMILES string of the molecule is CCCN(C)C(CC)NC. The van der Waals surface area contributed by atoms with Crippen molar-refractivity contribution in [1.29, 1.82) is 0 Å². The highest BCUT2D eigenvalue weighted by atomic mass is 15.2. The van der Waals surface area contributed by atoms with Crippen molar-refractivity contribution in [2.75, 3.05) is 20.6 Å². The fourth-order valence-electron chi connectivity index (χ4n) is 1.24. The molecule has 0 spiro atoms. The molecule has 0 saturated carbocycles. The third kappa shape index (κ3) is 3.18. The third-order valence-corrected chi connectivity index (χ3v) is 1.83. The van der Waals surface area contributed by atoms with Crippen LogP contribution in [0.4, 0.5) is 0 Å². The van der Waals surface area contributed by atoms with Gasteiger partial charge < -0.3 is 5.32 Å². The molecule has 0 aromatic rings. The van der Waals surface area contributed by atoms with Crippen LogP contribution in [0.1, 0.15) is 26.7 Å². The molecule has 0 fully saturated rings. The van der Waals surface area contributed by atoms with Gasteiger partial charge in [-0.05, 0) is 33.5 Å². The van der Waals surface area contributed by atoms with Crippen molar-refractivity contribution in [3.8, 4) is 0 Å². The molecular formula is C8H20N2. The van der Waals surface area contributed by atoms with Crippen molar-refractivity contribution in [1.82, 2.24) is 10.2 Å². The molecule has 1 unspecified atom stereocenters. The van der Waals surface area contributed by atoms with Gasteiger partial charge in [-0.3, -0.25) is 4.90 Å². The Kier molecular flexibility index (Phi) is 5.64. The number of rotatable bonds is 5. The first-order valence-corrected chi connectivity index (χ1v) is 4.13. The number of nitrogens with one attached hydrogen (secondary N) is 1. The van der Waals surface area contributed by atoms with Gasteiger partial charge in [0.1, 0.15) is 0 Å². The number of nitrogens with zero attached hydrogens (tertiary/aromatic N) is 1. The zero-order valence-electron chi connectivity index (χ0n) is 7.65. The summed E-state index contributed by atoms with van der Waals surface area (Å²) in [6.45, 7) is 5.59. The summed E-state index contributed by atoms with van der Waals surface area (Å²) in [5.41, 5.74) is 0. The van der Waals surface area contributed by atoms with Crippen molar-refractivity contribution >= 4 is 0 Å². The Morgan fingerprint density at radius 3 is 2.30 bits per heavy atom. The molecule has 1 atom stereocenters. The van der Waals surface area contributed by atoms with Gasteiger partial charge in [-0.2, -0.15) is 0 Å². The van der Waals surface area contributed by atoms with E-state index in [1.807, 2.05) is 7.05 Å². The summed E-state index contributed by atoms with van der Waals surface area (Å²) >= 11 is 0. The Bertz CT molecular complexity index is 69.7. The molecule has 0 bridgehead atoms. The van der Waals surface area contributed by atoms with Crippen molar-refractivity contribution in [3.05, 3.63) is 0 Å². The van der Waals surface area contributed by atoms with Gasteiger partial charge in [0.15, 0.2) is 0 Å². The molecule has 0 rings (SSSR count). The molecule has 1 N–H and O–H groups in total. The quantitative estimate of drug-likeness (QED) is 0.585. The van der Waals surface area contributed by atoms with Crippen LogP contribution in [0.25, 0.3) is 0 Å². The van der Waals surface area contributed by atoms with Crippen LogP contribution in [0, 0.1) is 0 Å². The summed E-state index contributed by atoms with van der Waals surface area (Å²) < 4.78 is 0. The molecule has 2 heteroatoms. The van der Waals surface area contributed by atoms with Crippen LogP contribution in [0.15, 0.2) is 0 Å². The van der Waals surface area contributed by atoms with Crippen LogP contribution in [0.2, 0.25) is 0 Å². The fourth-order valence-corrected chi connectivity index (χ4v) is 1.24. The first-order chi connectivity index (χ1) is 4.76. The second-order valence-corrected chi connectivity index (χ2v) is 2.69. The summed E-state index contributed by atoms with van der Waals surface area (Å²) in [5.74, 6) is 0. The summed E-state index contributed by atoms with van der Waals surface area (Å²) in [7, 11) is 4.18. The molecule has 10 heavy (non-hydrogen) atoms.